The van der Waals surface area contributed by atoms with Crippen LogP contribution in [0.1, 0.15) is 32.1 Å². The molecule has 1 fully saturated rings. The molecule has 1 N–H and O–H groups in total. The summed E-state index contributed by atoms with van der Waals surface area (Å²) in [5, 5.41) is 27.8. The molecule has 1 aliphatic carbocycles. The van der Waals surface area contributed by atoms with Gasteiger partial charge in [-0.3, -0.25) is 24.3 Å². The largest absolute Gasteiger partial charge is 0.336 e. The lowest BCUT2D eigenvalue weighted by molar-refractivity contribution is -0.384. The van der Waals surface area contributed by atoms with Gasteiger partial charge < -0.3 is 5.32 Å². The molecule has 0 unspecified atom stereocenters. The van der Waals surface area contributed by atoms with Crippen molar-refractivity contribution in [3.63, 3.8) is 0 Å². The molecule has 0 atom stereocenters. The molecule has 1 aromatic carbocycles. The zero-order chi connectivity index (χ0) is 22.0. The summed E-state index contributed by atoms with van der Waals surface area (Å²) < 4.78 is 2.36. The van der Waals surface area contributed by atoms with Gasteiger partial charge in [0.25, 0.3) is 11.2 Å². The van der Waals surface area contributed by atoms with E-state index in [4.69, 9.17) is 0 Å². The summed E-state index contributed by atoms with van der Waals surface area (Å²) in [4.78, 5) is 40.4. The summed E-state index contributed by atoms with van der Waals surface area (Å²) >= 11 is 0. The van der Waals surface area contributed by atoms with Gasteiger partial charge in [0.1, 0.15) is 29.5 Å². The Labute approximate surface area is 176 Å². The van der Waals surface area contributed by atoms with Crippen molar-refractivity contribution >= 4 is 22.6 Å². The normalized spacial score (nSPS) is 15.3. The Morgan fingerprint density at radius 1 is 1.29 bits per heavy atom. The van der Waals surface area contributed by atoms with Crippen molar-refractivity contribution in [1.29, 1.82) is 5.26 Å². The van der Waals surface area contributed by atoms with Gasteiger partial charge in [-0.25, -0.2) is 9.67 Å². The lowest BCUT2D eigenvalue weighted by Gasteiger charge is -2.31. The number of nitro benzene ring substituents is 1. The highest BCUT2D eigenvalue weighted by molar-refractivity contribution is 5.79. The van der Waals surface area contributed by atoms with E-state index in [1.54, 1.807) is 6.07 Å². The van der Waals surface area contributed by atoms with Gasteiger partial charge in [-0.2, -0.15) is 10.4 Å². The number of aromatic nitrogens is 4. The first-order chi connectivity index (χ1) is 14.9. The van der Waals surface area contributed by atoms with Crippen LogP contribution in [0.3, 0.4) is 0 Å². The first-order valence-corrected chi connectivity index (χ1v) is 9.83. The Bertz CT molecular complexity index is 1260. The minimum absolute atomic E-state index is 0.126. The fourth-order valence-electron chi connectivity index (χ4n) is 3.92. The molecule has 0 bridgehead atoms. The third kappa shape index (κ3) is 3.75. The molecule has 11 heteroatoms. The number of hydrogen-bond donors (Lipinski definition) is 1. The fraction of sp³-hybridized carbons (Fsp3) is 0.350. The van der Waals surface area contributed by atoms with Crippen LogP contribution in [0.5, 0.6) is 0 Å². The SMILES string of the molecule is N#CC1(NC(=O)Cn2cnc3c(cnn3-c3ccccc3[N+](=O)[O-])c2=O)CCCCC1. The van der Waals surface area contributed by atoms with E-state index in [0.29, 0.717) is 12.8 Å². The minimum atomic E-state index is -0.895. The molecule has 0 saturated heterocycles. The number of para-hydroxylation sites is 2. The second kappa shape index (κ2) is 7.98. The average molecular weight is 421 g/mol. The van der Waals surface area contributed by atoms with Crippen LogP contribution in [0.4, 0.5) is 5.69 Å². The van der Waals surface area contributed by atoms with Crippen LogP contribution in [0.25, 0.3) is 16.7 Å². The number of carbonyl (C=O) groups is 1. The van der Waals surface area contributed by atoms with Crippen molar-refractivity contribution in [3.8, 4) is 11.8 Å². The van der Waals surface area contributed by atoms with E-state index in [1.807, 2.05) is 0 Å². The first kappa shape index (κ1) is 20.2. The summed E-state index contributed by atoms with van der Waals surface area (Å²) in [5.74, 6) is -0.446. The predicted molar refractivity (Wildman–Crippen MR) is 109 cm³/mol. The molecule has 1 saturated carbocycles. The van der Waals surface area contributed by atoms with E-state index in [-0.39, 0.29) is 29.0 Å². The summed E-state index contributed by atoms with van der Waals surface area (Å²) in [6, 6.07) is 8.22. The summed E-state index contributed by atoms with van der Waals surface area (Å²) in [6.07, 6.45) is 6.42. The molecule has 0 radical (unpaired) electrons. The van der Waals surface area contributed by atoms with E-state index in [1.165, 1.54) is 35.4 Å². The Balaban J connectivity index is 1.63. The van der Waals surface area contributed by atoms with Crippen LogP contribution in [-0.4, -0.2) is 35.7 Å². The molecule has 0 aliphatic heterocycles. The molecule has 2 aromatic heterocycles. The number of nitrogens with zero attached hydrogens (tertiary/aromatic N) is 6. The molecular weight excluding hydrogens is 402 g/mol. The molecule has 2 heterocycles. The van der Waals surface area contributed by atoms with Crippen LogP contribution in [0, 0.1) is 21.4 Å². The lowest BCUT2D eigenvalue weighted by atomic mass is 9.83. The lowest BCUT2D eigenvalue weighted by Crippen LogP contribution is -2.50. The predicted octanol–water partition coefficient (Wildman–Crippen LogP) is 1.83. The van der Waals surface area contributed by atoms with Crippen molar-refractivity contribution in [2.45, 2.75) is 44.2 Å². The number of carbonyl (C=O) groups excluding carboxylic acids is 1. The maximum absolute atomic E-state index is 12.9. The zero-order valence-corrected chi connectivity index (χ0v) is 16.5. The Morgan fingerprint density at radius 3 is 2.74 bits per heavy atom. The van der Waals surface area contributed by atoms with Crippen LogP contribution in [0.15, 0.2) is 41.6 Å². The number of amides is 1. The highest BCUT2D eigenvalue weighted by Gasteiger charge is 2.33. The minimum Gasteiger partial charge on any atom is -0.336 e. The maximum atomic E-state index is 12.9. The van der Waals surface area contributed by atoms with Gasteiger partial charge in [-0.05, 0) is 18.9 Å². The third-order valence-electron chi connectivity index (χ3n) is 5.47. The van der Waals surface area contributed by atoms with Crippen LogP contribution in [-0.2, 0) is 11.3 Å². The monoisotopic (exact) mass is 421 g/mol. The number of benzene rings is 1. The molecule has 158 valence electrons. The van der Waals surface area contributed by atoms with Crippen LogP contribution < -0.4 is 10.9 Å². The van der Waals surface area contributed by atoms with Gasteiger partial charge in [0.2, 0.25) is 5.91 Å². The van der Waals surface area contributed by atoms with Crippen molar-refractivity contribution in [3.05, 3.63) is 57.3 Å². The van der Waals surface area contributed by atoms with Gasteiger partial charge in [-0.15, -0.1) is 0 Å². The highest BCUT2D eigenvalue weighted by atomic mass is 16.6. The quantitative estimate of drug-likeness (QED) is 0.488. The third-order valence-corrected chi connectivity index (χ3v) is 5.47. The van der Waals surface area contributed by atoms with Crippen molar-refractivity contribution < 1.29 is 9.72 Å². The van der Waals surface area contributed by atoms with Gasteiger partial charge in [-0.1, -0.05) is 31.4 Å². The second-order valence-electron chi connectivity index (χ2n) is 7.52. The topological polar surface area (TPSA) is 149 Å². The standard InChI is InChI=1S/C20H19N7O4/c21-12-20(8-4-1-5-9-20)24-17(28)11-25-13-22-18-14(19(25)29)10-23-26(18)15-6-2-3-7-16(15)27(30)31/h2-3,6-7,10,13H,1,4-5,8-9,11H2,(H,24,28). The van der Waals surface area contributed by atoms with Crippen molar-refractivity contribution in [1.82, 2.24) is 24.6 Å². The van der Waals surface area contributed by atoms with Crippen LogP contribution >= 0.6 is 0 Å². The Kier molecular flexibility index (Phi) is 5.21. The Morgan fingerprint density at radius 2 is 2.03 bits per heavy atom. The van der Waals surface area contributed by atoms with E-state index in [0.717, 1.165) is 23.8 Å². The average Bonchev–Trinajstić information content (AvgIpc) is 3.21. The zero-order valence-electron chi connectivity index (χ0n) is 16.5. The fourth-order valence-corrected chi connectivity index (χ4v) is 3.92. The van der Waals surface area contributed by atoms with E-state index >= 15 is 0 Å². The highest BCUT2D eigenvalue weighted by Crippen LogP contribution is 2.27. The number of nitro groups is 1. The summed E-state index contributed by atoms with van der Waals surface area (Å²) in [5.41, 5.74) is -1.24. The van der Waals surface area contributed by atoms with Gasteiger partial charge in [0, 0.05) is 6.07 Å². The summed E-state index contributed by atoms with van der Waals surface area (Å²) in [7, 11) is 0. The molecule has 1 aliphatic rings. The number of nitrogens with one attached hydrogen (secondary N) is 1. The van der Waals surface area contributed by atoms with Gasteiger partial charge in [0.15, 0.2) is 5.65 Å². The molecule has 4 rings (SSSR count). The van der Waals surface area contributed by atoms with Crippen molar-refractivity contribution in [2.24, 2.45) is 0 Å². The first-order valence-electron chi connectivity index (χ1n) is 9.83. The van der Waals surface area contributed by atoms with Crippen LogP contribution in [0.2, 0.25) is 0 Å². The number of hydrogen-bond acceptors (Lipinski definition) is 7. The van der Waals surface area contributed by atoms with E-state index in [2.05, 4.69) is 21.5 Å². The number of rotatable bonds is 5. The number of nitriles is 1. The molecule has 11 nitrogen and oxygen atoms in total. The maximum Gasteiger partial charge on any atom is 0.294 e. The second-order valence-corrected chi connectivity index (χ2v) is 7.52. The Hall–Kier alpha value is -4.07. The molecular formula is C20H19N7O4. The molecule has 3 aromatic rings. The van der Waals surface area contributed by atoms with E-state index < -0.39 is 21.9 Å². The number of fused-ring (bicyclic) bond motifs is 1. The molecule has 0 spiro atoms. The van der Waals surface area contributed by atoms with Gasteiger partial charge in [0.05, 0.1) is 17.2 Å². The smallest absolute Gasteiger partial charge is 0.294 e. The van der Waals surface area contributed by atoms with Crippen molar-refractivity contribution in [2.75, 3.05) is 0 Å². The summed E-state index contributed by atoms with van der Waals surface area (Å²) in [6.45, 7) is -0.290. The van der Waals surface area contributed by atoms with Gasteiger partial charge >= 0.3 is 0 Å². The van der Waals surface area contributed by atoms with E-state index in [9.17, 15) is 25.0 Å². The molecule has 31 heavy (non-hydrogen) atoms. The molecule has 1 amide bonds.